The standard InChI is InChI=1S/C11H24O3S/c1-2-3-4-5-6-7-10-15(13,14)11-8-9-12/h12H,2-11H2,1H3. The van der Waals surface area contributed by atoms with Crippen LogP contribution in [0.25, 0.3) is 0 Å². The monoisotopic (exact) mass is 236 g/mol. The molecule has 0 rings (SSSR count). The van der Waals surface area contributed by atoms with Crippen LogP contribution in [0.15, 0.2) is 0 Å². The van der Waals surface area contributed by atoms with Crippen LogP contribution in [0.2, 0.25) is 0 Å². The molecule has 0 fully saturated rings. The van der Waals surface area contributed by atoms with Crippen LogP contribution in [0, 0.1) is 0 Å². The van der Waals surface area contributed by atoms with Crippen LogP contribution >= 0.6 is 0 Å². The summed E-state index contributed by atoms with van der Waals surface area (Å²) in [6, 6.07) is 0. The molecule has 0 spiro atoms. The molecule has 0 atom stereocenters. The summed E-state index contributed by atoms with van der Waals surface area (Å²) in [6.07, 6.45) is 6.98. The third-order valence-corrected chi connectivity index (χ3v) is 4.24. The molecule has 0 amide bonds. The van der Waals surface area contributed by atoms with Crippen LogP contribution < -0.4 is 0 Å². The van der Waals surface area contributed by atoms with Crippen LogP contribution in [-0.2, 0) is 9.84 Å². The van der Waals surface area contributed by atoms with Gasteiger partial charge in [0.2, 0.25) is 0 Å². The second-order valence-electron chi connectivity index (χ2n) is 4.00. The van der Waals surface area contributed by atoms with Crippen molar-refractivity contribution in [2.24, 2.45) is 0 Å². The topological polar surface area (TPSA) is 54.4 Å². The molecule has 0 heterocycles. The van der Waals surface area contributed by atoms with Gasteiger partial charge in [0.1, 0.15) is 9.84 Å². The first-order valence-corrected chi connectivity index (χ1v) is 7.76. The normalized spacial score (nSPS) is 11.9. The van der Waals surface area contributed by atoms with Gasteiger partial charge >= 0.3 is 0 Å². The fraction of sp³-hybridized carbons (Fsp3) is 1.00. The molecule has 0 bridgehead atoms. The van der Waals surface area contributed by atoms with E-state index in [-0.39, 0.29) is 12.4 Å². The van der Waals surface area contributed by atoms with Crippen molar-refractivity contribution >= 4 is 9.84 Å². The average molecular weight is 236 g/mol. The van der Waals surface area contributed by atoms with Gasteiger partial charge in [-0.15, -0.1) is 0 Å². The average Bonchev–Trinajstić information content (AvgIpc) is 2.20. The van der Waals surface area contributed by atoms with Crippen molar-refractivity contribution in [3.8, 4) is 0 Å². The lowest BCUT2D eigenvalue weighted by Crippen LogP contribution is -2.12. The van der Waals surface area contributed by atoms with Gasteiger partial charge < -0.3 is 5.11 Å². The minimum Gasteiger partial charge on any atom is -0.396 e. The summed E-state index contributed by atoms with van der Waals surface area (Å²) in [7, 11) is -2.90. The molecule has 0 aliphatic rings. The highest BCUT2D eigenvalue weighted by Gasteiger charge is 2.08. The van der Waals surface area contributed by atoms with E-state index < -0.39 is 9.84 Å². The summed E-state index contributed by atoms with van der Waals surface area (Å²) in [6.45, 7) is 2.13. The largest absolute Gasteiger partial charge is 0.396 e. The summed E-state index contributed by atoms with van der Waals surface area (Å²) in [4.78, 5) is 0. The van der Waals surface area contributed by atoms with Crippen molar-refractivity contribution in [3.05, 3.63) is 0 Å². The van der Waals surface area contributed by atoms with Crippen LogP contribution in [0.1, 0.15) is 51.9 Å². The van der Waals surface area contributed by atoms with Gasteiger partial charge in [0.25, 0.3) is 0 Å². The van der Waals surface area contributed by atoms with Crippen LogP contribution in [0.3, 0.4) is 0 Å². The fourth-order valence-electron chi connectivity index (χ4n) is 1.49. The van der Waals surface area contributed by atoms with Gasteiger partial charge in [-0.05, 0) is 12.8 Å². The minimum atomic E-state index is -2.90. The lowest BCUT2D eigenvalue weighted by atomic mass is 10.1. The van der Waals surface area contributed by atoms with Crippen molar-refractivity contribution in [2.75, 3.05) is 18.1 Å². The van der Waals surface area contributed by atoms with E-state index in [1.807, 2.05) is 0 Å². The molecular weight excluding hydrogens is 212 g/mol. The molecule has 3 nitrogen and oxygen atoms in total. The zero-order valence-corrected chi connectivity index (χ0v) is 10.6. The molecule has 0 aromatic heterocycles. The van der Waals surface area contributed by atoms with E-state index in [2.05, 4.69) is 6.92 Å². The van der Waals surface area contributed by atoms with Gasteiger partial charge in [-0.25, -0.2) is 8.42 Å². The fourth-order valence-corrected chi connectivity index (χ4v) is 2.91. The van der Waals surface area contributed by atoms with Crippen LogP contribution in [0.5, 0.6) is 0 Å². The molecule has 0 aromatic carbocycles. The summed E-state index contributed by atoms with van der Waals surface area (Å²) in [5, 5.41) is 8.53. The van der Waals surface area contributed by atoms with E-state index in [9.17, 15) is 8.42 Å². The highest BCUT2D eigenvalue weighted by Crippen LogP contribution is 2.07. The first kappa shape index (κ1) is 14.9. The van der Waals surface area contributed by atoms with E-state index in [0.29, 0.717) is 12.2 Å². The van der Waals surface area contributed by atoms with E-state index >= 15 is 0 Å². The number of unbranched alkanes of at least 4 members (excludes halogenated alkanes) is 5. The van der Waals surface area contributed by atoms with E-state index in [0.717, 1.165) is 19.3 Å². The lowest BCUT2D eigenvalue weighted by molar-refractivity contribution is 0.295. The maximum atomic E-state index is 11.4. The number of sulfone groups is 1. The van der Waals surface area contributed by atoms with E-state index in [1.54, 1.807) is 0 Å². The minimum absolute atomic E-state index is 0.0320. The number of rotatable bonds is 10. The Labute approximate surface area is 93.8 Å². The molecule has 0 aliphatic heterocycles. The maximum Gasteiger partial charge on any atom is 0.150 e. The Kier molecular flexibility index (Phi) is 9.10. The highest BCUT2D eigenvalue weighted by atomic mass is 32.2. The predicted molar refractivity (Wildman–Crippen MR) is 63.7 cm³/mol. The second-order valence-corrected chi connectivity index (χ2v) is 6.30. The third-order valence-electron chi connectivity index (χ3n) is 2.42. The smallest absolute Gasteiger partial charge is 0.150 e. The molecule has 1 N–H and O–H groups in total. The van der Waals surface area contributed by atoms with Gasteiger partial charge in [-0.3, -0.25) is 0 Å². The van der Waals surface area contributed by atoms with Gasteiger partial charge in [-0.1, -0.05) is 39.0 Å². The Balaban J connectivity index is 3.41. The van der Waals surface area contributed by atoms with Crippen molar-refractivity contribution in [1.29, 1.82) is 0 Å². The molecule has 0 saturated heterocycles. The Bertz CT molecular complexity index is 222. The van der Waals surface area contributed by atoms with Gasteiger partial charge in [0.05, 0.1) is 11.5 Å². The SMILES string of the molecule is CCCCCCCCS(=O)(=O)CCCO. The molecule has 0 unspecified atom stereocenters. The van der Waals surface area contributed by atoms with Crippen molar-refractivity contribution in [3.63, 3.8) is 0 Å². The van der Waals surface area contributed by atoms with Crippen molar-refractivity contribution in [2.45, 2.75) is 51.9 Å². The molecule has 0 aromatic rings. The third kappa shape index (κ3) is 10.2. The highest BCUT2D eigenvalue weighted by molar-refractivity contribution is 7.91. The van der Waals surface area contributed by atoms with Gasteiger partial charge in [0.15, 0.2) is 0 Å². The van der Waals surface area contributed by atoms with Gasteiger partial charge in [0, 0.05) is 6.61 Å². The van der Waals surface area contributed by atoms with Crippen molar-refractivity contribution in [1.82, 2.24) is 0 Å². The quantitative estimate of drug-likeness (QED) is 0.591. The number of aliphatic hydroxyl groups excluding tert-OH is 1. The molecule has 4 heteroatoms. The Hall–Kier alpha value is -0.0900. The molecule has 0 aliphatic carbocycles. The number of hydrogen-bond donors (Lipinski definition) is 1. The Morgan fingerprint density at radius 1 is 0.867 bits per heavy atom. The van der Waals surface area contributed by atoms with Crippen LogP contribution in [-0.4, -0.2) is 31.6 Å². The predicted octanol–water partition coefficient (Wildman–Crippen LogP) is 2.14. The first-order valence-electron chi connectivity index (χ1n) is 5.93. The first-order chi connectivity index (χ1) is 7.12. The van der Waals surface area contributed by atoms with Crippen LogP contribution in [0.4, 0.5) is 0 Å². The summed E-state index contributed by atoms with van der Waals surface area (Å²) < 4.78 is 22.7. The molecule has 0 saturated carbocycles. The van der Waals surface area contributed by atoms with Gasteiger partial charge in [-0.2, -0.15) is 0 Å². The summed E-state index contributed by atoms with van der Waals surface area (Å²) >= 11 is 0. The molecule has 92 valence electrons. The second kappa shape index (κ2) is 9.16. The molecular formula is C11H24O3S. The number of hydrogen-bond acceptors (Lipinski definition) is 3. The summed E-state index contributed by atoms with van der Waals surface area (Å²) in [5.74, 6) is 0.428. The Morgan fingerprint density at radius 2 is 1.40 bits per heavy atom. The number of aliphatic hydroxyl groups is 1. The van der Waals surface area contributed by atoms with E-state index in [4.69, 9.17) is 5.11 Å². The zero-order valence-electron chi connectivity index (χ0n) is 9.74. The van der Waals surface area contributed by atoms with E-state index in [1.165, 1.54) is 19.3 Å². The molecule has 15 heavy (non-hydrogen) atoms. The Morgan fingerprint density at radius 3 is 2.00 bits per heavy atom. The van der Waals surface area contributed by atoms with Crippen molar-refractivity contribution < 1.29 is 13.5 Å². The maximum absolute atomic E-state index is 11.4. The molecule has 0 radical (unpaired) electrons. The summed E-state index contributed by atoms with van der Waals surface area (Å²) in [5.41, 5.74) is 0. The lowest BCUT2D eigenvalue weighted by Gasteiger charge is -2.03. The zero-order chi connectivity index (χ0) is 11.6.